The van der Waals surface area contributed by atoms with Gasteiger partial charge < -0.3 is 19.5 Å². The van der Waals surface area contributed by atoms with Crippen LogP contribution in [0.1, 0.15) is 36.0 Å². The van der Waals surface area contributed by atoms with Crippen LogP contribution in [0.4, 0.5) is 0 Å². The standard InChI is InChI=1S/C16H23NO4/c1-20-14-9-12(10-15(11-14)21-2)16(19)17(7-8-18)13-5-3-4-6-13/h9-11,13,18H,3-8H2,1-2H3. The van der Waals surface area contributed by atoms with Crippen LogP contribution >= 0.6 is 0 Å². The van der Waals surface area contributed by atoms with E-state index in [4.69, 9.17) is 9.47 Å². The smallest absolute Gasteiger partial charge is 0.254 e. The van der Waals surface area contributed by atoms with E-state index in [0.717, 1.165) is 25.7 Å². The van der Waals surface area contributed by atoms with Gasteiger partial charge in [-0.25, -0.2) is 0 Å². The highest BCUT2D eigenvalue weighted by atomic mass is 16.5. The molecule has 0 bridgehead atoms. The van der Waals surface area contributed by atoms with E-state index >= 15 is 0 Å². The van der Waals surface area contributed by atoms with Crippen molar-refractivity contribution < 1.29 is 19.4 Å². The lowest BCUT2D eigenvalue weighted by molar-refractivity contribution is 0.0637. The van der Waals surface area contributed by atoms with Gasteiger partial charge >= 0.3 is 0 Å². The zero-order valence-electron chi connectivity index (χ0n) is 12.7. The number of ether oxygens (including phenoxy) is 2. The molecule has 1 amide bonds. The SMILES string of the molecule is COc1cc(OC)cc(C(=O)N(CCO)C2CCCC2)c1. The first-order chi connectivity index (χ1) is 10.2. The van der Waals surface area contributed by atoms with Crippen molar-refractivity contribution in [2.45, 2.75) is 31.7 Å². The number of hydrogen-bond acceptors (Lipinski definition) is 4. The van der Waals surface area contributed by atoms with Gasteiger partial charge in [-0.05, 0) is 25.0 Å². The van der Waals surface area contributed by atoms with E-state index in [1.54, 1.807) is 37.3 Å². The van der Waals surface area contributed by atoms with Crippen molar-refractivity contribution in [3.05, 3.63) is 23.8 Å². The van der Waals surface area contributed by atoms with Gasteiger partial charge in [0.15, 0.2) is 0 Å². The highest BCUT2D eigenvalue weighted by Gasteiger charge is 2.27. The van der Waals surface area contributed by atoms with E-state index in [9.17, 15) is 9.90 Å². The van der Waals surface area contributed by atoms with E-state index in [0.29, 0.717) is 23.6 Å². The number of carbonyl (C=O) groups is 1. The summed E-state index contributed by atoms with van der Waals surface area (Å²) in [5, 5.41) is 9.25. The third kappa shape index (κ3) is 3.67. The highest BCUT2D eigenvalue weighted by molar-refractivity contribution is 5.95. The zero-order chi connectivity index (χ0) is 15.2. The van der Waals surface area contributed by atoms with E-state index in [2.05, 4.69) is 0 Å². The summed E-state index contributed by atoms with van der Waals surface area (Å²) in [6, 6.07) is 5.39. The molecular formula is C16H23NO4. The summed E-state index contributed by atoms with van der Waals surface area (Å²) < 4.78 is 10.4. The second-order valence-corrected chi connectivity index (χ2v) is 5.26. The predicted octanol–water partition coefficient (Wildman–Crippen LogP) is 2.08. The molecule has 0 aliphatic heterocycles. The molecule has 0 atom stereocenters. The molecule has 0 aromatic heterocycles. The first-order valence-corrected chi connectivity index (χ1v) is 7.34. The molecule has 0 spiro atoms. The molecule has 0 radical (unpaired) electrons. The molecule has 2 rings (SSSR count). The summed E-state index contributed by atoms with van der Waals surface area (Å²) in [5.41, 5.74) is 0.534. The Morgan fingerprint density at radius 2 is 1.76 bits per heavy atom. The van der Waals surface area contributed by atoms with E-state index in [-0.39, 0.29) is 18.6 Å². The average molecular weight is 293 g/mol. The Morgan fingerprint density at radius 1 is 1.19 bits per heavy atom. The van der Waals surface area contributed by atoms with Crippen LogP contribution in [-0.4, -0.2) is 49.3 Å². The van der Waals surface area contributed by atoms with E-state index < -0.39 is 0 Å². The lowest BCUT2D eigenvalue weighted by atomic mass is 10.1. The van der Waals surface area contributed by atoms with Gasteiger partial charge in [0.25, 0.3) is 5.91 Å². The van der Waals surface area contributed by atoms with E-state index in [1.807, 2.05) is 0 Å². The van der Waals surface area contributed by atoms with Gasteiger partial charge in [-0.15, -0.1) is 0 Å². The van der Waals surface area contributed by atoms with Crippen molar-refractivity contribution in [2.75, 3.05) is 27.4 Å². The molecule has 1 aromatic carbocycles. The minimum atomic E-state index is -0.0758. The summed E-state index contributed by atoms with van der Waals surface area (Å²) in [6.45, 7) is 0.340. The molecule has 0 unspecified atom stereocenters. The van der Waals surface area contributed by atoms with Crippen molar-refractivity contribution in [3.63, 3.8) is 0 Å². The Balaban J connectivity index is 2.26. The van der Waals surface area contributed by atoms with Gasteiger partial charge in [0.1, 0.15) is 11.5 Å². The topological polar surface area (TPSA) is 59.0 Å². The molecule has 5 nitrogen and oxygen atoms in total. The van der Waals surface area contributed by atoms with Crippen molar-refractivity contribution in [1.29, 1.82) is 0 Å². The van der Waals surface area contributed by atoms with Crippen LogP contribution in [-0.2, 0) is 0 Å². The zero-order valence-corrected chi connectivity index (χ0v) is 12.7. The van der Waals surface area contributed by atoms with Crippen molar-refractivity contribution in [2.24, 2.45) is 0 Å². The number of benzene rings is 1. The first-order valence-electron chi connectivity index (χ1n) is 7.34. The van der Waals surface area contributed by atoms with Gasteiger partial charge in [0.05, 0.1) is 20.8 Å². The minimum absolute atomic E-state index is 0.0245. The normalized spacial score (nSPS) is 15.0. The lowest BCUT2D eigenvalue weighted by Gasteiger charge is -2.28. The molecule has 116 valence electrons. The number of nitrogens with zero attached hydrogens (tertiary/aromatic N) is 1. The van der Waals surface area contributed by atoms with Crippen LogP contribution in [0, 0.1) is 0 Å². The Kier molecular flexibility index (Phi) is 5.44. The van der Waals surface area contributed by atoms with Crippen LogP contribution in [0.25, 0.3) is 0 Å². The molecule has 1 saturated carbocycles. The molecule has 1 aliphatic rings. The Morgan fingerprint density at radius 3 is 2.24 bits per heavy atom. The summed E-state index contributed by atoms with van der Waals surface area (Å²) in [6.07, 6.45) is 4.29. The maximum Gasteiger partial charge on any atom is 0.254 e. The Hall–Kier alpha value is -1.75. The summed E-state index contributed by atoms with van der Waals surface area (Å²) >= 11 is 0. The Bertz CT molecular complexity index is 461. The van der Waals surface area contributed by atoms with E-state index in [1.165, 1.54) is 0 Å². The average Bonchev–Trinajstić information content (AvgIpc) is 3.05. The number of amides is 1. The van der Waals surface area contributed by atoms with Crippen molar-refractivity contribution in [1.82, 2.24) is 4.90 Å². The first kappa shape index (κ1) is 15.6. The maximum absolute atomic E-state index is 12.8. The van der Waals surface area contributed by atoms with Crippen LogP contribution in [0.5, 0.6) is 11.5 Å². The largest absolute Gasteiger partial charge is 0.497 e. The van der Waals surface area contributed by atoms with Gasteiger partial charge in [0, 0.05) is 24.2 Å². The molecule has 0 heterocycles. The fourth-order valence-electron chi connectivity index (χ4n) is 2.87. The number of carbonyl (C=O) groups excluding carboxylic acids is 1. The number of rotatable bonds is 6. The predicted molar refractivity (Wildman–Crippen MR) is 79.9 cm³/mol. The number of aliphatic hydroxyl groups excluding tert-OH is 1. The molecule has 1 fully saturated rings. The van der Waals surface area contributed by atoms with Gasteiger partial charge in [0.2, 0.25) is 0 Å². The molecule has 1 aromatic rings. The van der Waals surface area contributed by atoms with Gasteiger partial charge in [-0.1, -0.05) is 12.8 Å². The van der Waals surface area contributed by atoms with Crippen LogP contribution in [0.15, 0.2) is 18.2 Å². The second kappa shape index (κ2) is 7.31. The minimum Gasteiger partial charge on any atom is -0.497 e. The quantitative estimate of drug-likeness (QED) is 0.872. The van der Waals surface area contributed by atoms with Crippen LogP contribution in [0.3, 0.4) is 0 Å². The maximum atomic E-state index is 12.8. The molecule has 1 aliphatic carbocycles. The summed E-state index contributed by atoms with van der Waals surface area (Å²) in [5.74, 6) is 1.11. The fraction of sp³-hybridized carbons (Fsp3) is 0.562. The highest BCUT2D eigenvalue weighted by Crippen LogP contribution is 2.27. The molecule has 21 heavy (non-hydrogen) atoms. The summed E-state index contributed by atoms with van der Waals surface area (Å²) in [4.78, 5) is 14.5. The third-order valence-corrected chi connectivity index (χ3v) is 3.97. The van der Waals surface area contributed by atoms with Gasteiger partial charge in [-0.2, -0.15) is 0 Å². The van der Waals surface area contributed by atoms with Crippen LogP contribution < -0.4 is 9.47 Å². The number of aliphatic hydroxyl groups is 1. The fourth-order valence-corrected chi connectivity index (χ4v) is 2.87. The molecule has 5 heteroatoms. The van der Waals surface area contributed by atoms with Crippen molar-refractivity contribution >= 4 is 5.91 Å². The number of hydrogen-bond donors (Lipinski definition) is 1. The van der Waals surface area contributed by atoms with Crippen LogP contribution in [0.2, 0.25) is 0 Å². The second-order valence-electron chi connectivity index (χ2n) is 5.26. The van der Waals surface area contributed by atoms with Gasteiger partial charge in [-0.3, -0.25) is 4.79 Å². The summed E-state index contributed by atoms with van der Waals surface area (Å²) in [7, 11) is 3.12. The molecule has 0 saturated heterocycles. The third-order valence-electron chi connectivity index (χ3n) is 3.97. The molecule has 1 N–H and O–H groups in total. The monoisotopic (exact) mass is 293 g/mol. The molecular weight excluding hydrogens is 270 g/mol. The lowest BCUT2D eigenvalue weighted by Crippen LogP contribution is -2.40. The number of methoxy groups -OCH3 is 2. The van der Waals surface area contributed by atoms with Crippen molar-refractivity contribution in [3.8, 4) is 11.5 Å². The Labute approximate surface area is 125 Å².